The molecule has 0 heterocycles. The monoisotopic (exact) mass is 282 g/mol. The Morgan fingerprint density at radius 3 is 2.26 bits per heavy atom. The van der Waals surface area contributed by atoms with Gasteiger partial charge in [0.15, 0.2) is 5.78 Å². The fourth-order valence-electron chi connectivity index (χ4n) is 1.79. The molecule has 0 aliphatic heterocycles. The van der Waals surface area contributed by atoms with E-state index in [4.69, 9.17) is 16.3 Å². The van der Waals surface area contributed by atoms with Gasteiger partial charge < -0.3 is 4.74 Å². The molecule has 0 amide bonds. The van der Waals surface area contributed by atoms with Gasteiger partial charge in [0.05, 0.1) is 12.5 Å². The molecule has 3 nitrogen and oxygen atoms in total. The highest BCUT2D eigenvalue weighted by atomic mass is 35.5. The van der Waals surface area contributed by atoms with Gasteiger partial charge in [-0.15, -0.1) is 0 Å². The fourth-order valence-corrected chi connectivity index (χ4v) is 1.92. The molecular weight excluding hydrogens is 264 g/mol. The van der Waals surface area contributed by atoms with Crippen LogP contribution >= 0.6 is 11.6 Å². The zero-order valence-electron chi connectivity index (χ0n) is 11.5. The number of ketones is 1. The number of benzene rings is 1. The number of carbonyl (C=O) groups is 2. The number of rotatable bonds is 6. The number of carbonyl (C=O) groups excluding carboxylic acids is 2. The molecule has 0 saturated heterocycles. The lowest BCUT2D eigenvalue weighted by molar-refractivity contribution is -0.149. The number of Topliss-reactive ketones (excluding diaryl/α,β-unsaturated/α-hetero) is 1. The molecule has 104 valence electrons. The van der Waals surface area contributed by atoms with E-state index in [9.17, 15) is 9.59 Å². The zero-order valence-corrected chi connectivity index (χ0v) is 12.2. The minimum absolute atomic E-state index is 0.0651. The fraction of sp³-hybridized carbons (Fsp3) is 0.467. The number of hydrogen-bond acceptors (Lipinski definition) is 3. The highest BCUT2D eigenvalue weighted by Gasteiger charge is 2.26. The van der Waals surface area contributed by atoms with Gasteiger partial charge in [-0.25, -0.2) is 0 Å². The Balaban J connectivity index is 2.76. The Hall–Kier alpha value is -1.35. The Morgan fingerprint density at radius 1 is 1.21 bits per heavy atom. The maximum atomic E-state index is 12.1. The van der Waals surface area contributed by atoms with Crippen LogP contribution in [0.4, 0.5) is 0 Å². The number of esters is 1. The molecule has 0 aliphatic carbocycles. The summed E-state index contributed by atoms with van der Waals surface area (Å²) in [5, 5.41) is 0.586. The molecule has 0 unspecified atom stereocenters. The molecule has 1 aromatic rings. The van der Waals surface area contributed by atoms with Crippen molar-refractivity contribution in [2.24, 2.45) is 11.8 Å². The number of ether oxygens (including phenoxy) is 1. The van der Waals surface area contributed by atoms with E-state index in [0.29, 0.717) is 17.2 Å². The molecular formula is C15H19ClO3. The minimum atomic E-state index is -0.400. The van der Waals surface area contributed by atoms with Crippen molar-refractivity contribution in [3.8, 4) is 0 Å². The van der Waals surface area contributed by atoms with Crippen LogP contribution < -0.4 is 0 Å². The first kappa shape index (κ1) is 15.7. The van der Waals surface area contributed by atoms with Crippen molar-refractivity contribution < 1.29 is 14.3 Å². The third-order valence-electron chi connectivity index (χ3n) is 2.97. The second kappa shape index (κ2) is 7.29. The second-order valence-electron chi connectivity index (χ2n) is 4.74. The molecule has 1 rings (SSSR count). The molecule has 4 heteroatoms. The summed E-state index contributed by atoms with van der Waals surface area (Å²) in [4.78, 5) is 23.9. The van der Waals surface area contributed by atoms with Gasteiger partial charge in [0.2, 0.25) is 0 Å². The summed E-state index contributed by atoms with van der Waals surface area (Å²) in [6.45, 7) is 5.92. The van der Waals surface area contributed by atoms with Crippen molar-refractivity contribution in [3.63, 3.8) is 0 Å². The van der Waals surface area contributed by atoms with Crippen molar-refractivity contribution >= 4 is 23.4 Å². The molecule has 19 heavy (non-hydrogen) atoms. The highest BCUT2D eigenvalue weighted by Crippen LogP contribution is 2.20. The Morgan fingerprint density at radius 2 is 1.79 bits per heavy atom. The van der Waals surface area contributed by atoms with Gasteiger partial charge in [0.25, 0.3) is 0 Å². The smallest absolute Gasteiger partial charge is 0.309 e. The molecule has 0 spiro atoms. The summed E-state index contributed by atoms with van der Waals surface area (Å²) in [7, 11) is 0. The second-order valence-corrected chi connectivity index (χ2v) is 5.17. The number of halogens is 1. The lowest BCUT2D eigenvalue weighted by Gasteiger charge is -2.18. The molecule has 1 atom stereocenters. The highest BCUT2D eigenvalue weighted by molar-refractivity contribution is 6.30. The van der Waals surface area contributed by atoms with E-state index in [-0.39, 0.29) is 24.1 Å². The van der Waals surface area contributed by atoms with Gasteiger partial charge in [0.1, 0.15) is 0 Å². The van der Waals surface area contributed by atoms with Crippen LogP contribution in [0, 0.1) is 11.8 Å². The lowest BCUT2D eigenvalue weighted by Crippen LogP contribution is -2.25. The van der Waals surface area contributed by atoms with Crippen LogP contribution in [0.15, 0.2) is 24.3 Å². The van der Waals surface area contributed by atoms with Crippen molar-refractivity contribution in [2.45, 2.75) is 27.2 Å². The van der Waals surface area contributed by atoms with Gasteiger partial charge in [-0.2, -0.15) is 0 Å². The third kappa shape index (κ3) is 4.67. The standard InChI is InChI=1S/C15H19ClO3/c1-4-19-15(18)13(10(2)3)9-14(17)11-5-7-12(16)8-6-11/h5-8,10,13H,4,9H2,1-3H3/t13-/m0/s1. The molecule has 0 aliphatic rings. The molecule has 0 N–H and O–H groups in total. The van der Waals surface area contributed by atoms with E-state index in [1.807, 2.05) is 13.8 Å². The lowest BCUT2D eigenvalue weighted by atomic mass is 9.89. The molecule has 0 aromatic heterocycles. The Kier molecular flexibility index (Phi) is 6.03. The van der Waals surface area contributed by atoms with Crippen LogP contribution in [0.3, 0.4) is 0 Å². The molecule has 1 aromatic carbocycles. The van der Waals surface area contributed by atoms with Crippen LogP contribution in [0.1, 0.15) is 37.6 Å². The van der Waals surface area contributed by atoms with Crippen LogP contribution in [-0.2, 0) is 9.53 Å². The average molecular weight is 283 g/mol. The predicted molar refractivity (Wildman–Crippen MR) is 75.4 cm³/mol. The summed E-state index contributed by atoms with van der Waals surface area (Å²) in [5.41, 5.74) is 0.569. The maximum absolute atomic E-state index is 12.1. The third-order valence-corrected chi connectivity index (χ3v) is 3.22. The largest absolute Gasteiger partial charge is 0.466 e. The van der Waals surface area contributed by atoms with Crippen LogP contribution in [0.5, 0.6) is 0 Å². The molecule has 0 bridgehead atoms. The SMILES string of the molecule is CCOC(=O)[C@@H](CC(=O)c1ccc(Cl)cc1)C(C)C. The van der Waals surface area contributed by atoms with Crippen molar-refractivity contribution in [1.29, 1.82) is 0 Å². The van der Waals surface area contributed by atoms with E-state index in [0.717, 1.165) is 0 Å². The summed E-state index contributed by atoms with van der Waals surface area (Å²) < 4.78 is 5.01. The average Bonchev–Trinajstić information content (AvgIpc) is 2.36. The van der Waals surface area contributed by atoms with Crippen molar-refractivity contribution in [3.05, 3.63) is 34.9 Å². The summed E-state index contributed by atoms with van der Waals surface area (Å²) >= 11 is 5.78. The Labute approximate surface area is 118 Å². The normalized spacial score (nSPS) is 12.3. The van der Waals surface area contributed by atoms with Gasteiger partial charge >= 0.3 is 5.97 Å². The summed E-state index contributed by atoms with van der Waals surface area (Å²) in [6, 6.07) is 6.69. The summed E-state index contributed by atoms with van der Waals surface area (Å²) in [6.07, 6.45) is 0.165. The molecule has 0 fully saturated rings. The van der Waals surface area contributed by atoms with Crippen LogP contribution in [-0.4, -0.2) is 18.4 Å². The van der Waals surface area contributed by atoms with E-state index in [1.54, 1.807) is 31.2 Å². The zero-order chi connectivity index (χ0) is 14.4. The van der Waals surface area contributed by atoms with Crippen LogP contribution in [0.25, 0.3) is 0 Å². The molecule has 0 saturated carbocycles. The first-order chi connectivity index (χ1) is 8.95. The predicted octanol–water partition coefficient (Wildman–Crippen LogP) is 3.75. The quantitative estimate of drug-likeness (QED) is 0.589. The van der Waals surface area contributed by atoms with Crippen molar-refractivity contribution in [2.75, 3.05) is 6.61 Å². The van der Waals surface area contributed by atoms with Gasteiger partial charge in [0, 0.05) is 17.0 Å². The van der Waals surface area contributed by atoms with E-state index in [2.05, 4.69) is 0 Å². The van der Waals surface area contributed by atoms with E-state index < -0.39 is 5.92 Å². The first-order valence-electron chi connectivity index (χ1n) is 6.41. The van der Waals surface area contributed by atoms with Gasteiger partial charge in [-0.3, -0.25) is 9.59 Å². The van der Waals surface area contributed by atoms with Crippen LogP contribution in [0.2, 0.25) is 5.02 Å². The minimum Gasteiger partial charge on any atom is -0.466 e. The molecule has 0 radical (unpaired) electrons. The number of hydrogen-bond donors (Lipinski definition) is 0. The van der Waals surface area contributed by atoms with E-state index >= 15 is 0 Å². The maximum Gasteiger partial charge on any atom is 0.309 e. The van der Waals surface area contributed by atoms with Gasteiger partial charge in [-0.05, 0) is 37.1 Å². The van der Waals surface area contributed by atoms with E-state index in [1.165, 1.54) is 0 Å². The summed E-state index contributed by atoms with van der Waals surface area (Å²) in [5.74, 6) is -0.707. The van der Waals surface area contributed by atoms with Crippen molar-refractivity contribution in [1.82, 2.24) is 0 Å². The topological polar surface area (TPSA) is 43.4 Å². The Bertz CT molecular complexity index is 437. The first-order valence-corrected chi connectivity index (χ1v) is 6.78. The van der Waals surface area contributed by atoms with Gasteiger partial charge in [-0.1, -0.05) is 25.4 Å².